The van der Waals surface area contributed by atoms with Gasteiger partial charge in [0.2, 0.25) is 0 Å². The van der Waals surface area contributed by atoms with Crippen LogP contribution in [0.3, 0.4) is 0 Å². The molecule has 0 amide bonds. The van der Waals surface area contributed by atoms with Crippen molar-refractivity contribution in [2.75, 3.05) is 13.2 Å². The first-order valence-electron chi connectivity index (χ1n) is 14.4. The molecule has 0 aromatic heterocycles. The van der Waals surface area contributed by atoms with Crippen LogP contribution in [0, 0.1) is 12.3 Å². The van der Waals surface area contributed by atoms with Crippen LogP contribution in [0.2, 0.25) is 0 Å². The van der Waals surface area contributed by atoms with E-state index in [-0.39, 0.29) is 13.2 Å². The van der Waals surface area contributed by atoms with Gasteiger partial charge in [-0.25, -0.2) is 4.79 Å². The number of hydrogen-bond acceptors (Lipinski definition) is 11. The first kappa shape index (κ1) is 30.1. The summed E-state index contributed by atoms with van der Waals surface area (Å²) in [6, 6.07) is 18.0. The summed E-state index contributed by atoms with van der Waals surface area (Å²) in [4.78, 5) is 13.5. The maximum absolute atomic E-state index is 13.5. The van der Waals surface area contributed by atoms with Crippen LogP contribution in [0.1, 0.15) is 43.0 Å². The summed E-state index contributed by atoms with van der Waals surface area (Å²) in [5.74, 6) is 0.861. The molecule has 11 atom stereocenters. The largest absolute Gasteiger partial charge is 0.453 e. The molecule has 43 heavy (non-hydrogen) atoms. The third-order valence-corrected chi connectivity index (χ3v) is 7.83. The quantitative estimate of drug-likeness (QED) is 0.375. The molecule has 4 aliphatic heterocycles. The van der Waals surface area contributed by atoms with E-state index in [1.165, 1.54) is 0 Å². The summed E-state index contributed by atoms with van der Waals surface area (Å²) in [6.07, 6.45) is -4.13. The molecule has 2 aromatic carbocycles. The molecule has 0 bridgehead atoms. The number of carbonyl (C=O) groups is 1. The molecule has 230 valence electrons. The van der Waals surface area contributed by atoms with E-state index in [1.54, 1.807) is 51.1 Å². The molecule has 4 aliphatic rings. The summed E-state index contributed by atoms with van der Waals surface area (Å²) in [6.45, 7) is 5.23. The molecule has 1 N–H and O–H groups in total. The van der Waals surface area contributed by atoms with Crippen molar-refractivity contribution in [1.82, 2.24) is 0 Å². The standard InChI is InChI=1S/C32H36O11/c1-5-16-35-30-26(41-31-27-24(22(33)18(2)37-31)42-32(3,4)43-27)25(39-28(34)19-12-8-6-9-13-19)23-21(38-30)17-36-29(40-23)20-14-10-7-11-15-20/h1,6-15,18,21-27,29-31,33H,16-17H2,2-4H3/t18-,21+,22-,23+,24+,25-,26+,27+,29?,30+,31-/m0/s1. The Morgan fingerprint density at radius 3 is 2.37 bits per heavy atom. The molecular weight excluding hydrogens is 560 g/mol. The number of ether oxygens (including phenoxy) is 9. The third-order valence-electron chi connectivity index (χ3n) is 7.83. The van der Waals surface area contributed by atoms with Crippen LogP contribution in [-0.4, -0.2) is 91.5 Å². The number of aliphatic hydroxyl groups is 1. The lowest BCUT2D eigenvalue weighted by molar-refractivity contribution is -0.386. The van der Waals surface area contributed by atoms with Crippen LogP contribution >= 0.6 is 0 Å². The lowest BCUT2D eigenvalue weighted by Gasteiger charge is -2.49. The highest BCUT2D eigenvalue weighted by atomic mass is 16.8. The van der Waals surface area contributed by atoms with Gasteiger partial charge < -0.3 is 47.7 Å². The van der Waals surface area contributed by atoms with Crippen molar-refractivity contribution < 1.29 is 52.5 Å². The fourth-order valence-corrected chi connectivity index (χ4v) is 5.83. The molecule has 4 saturated heterocycles. The zero-order valence-electron chi connectivity index (χ0n) is 24.1. The topological polar surface area (TPSA) is 120 Å². The minimum Gasteiger partial charge on any atom is -0.453 e. The lowest BCUT2D eigenvalue weighted by Crippen LogP contribution is -2.66. The first-order chi connectivity index (χ1) is 20.7. The Balaban J connectivity index is 1.34. The second kappa shape index (κ2) is 12.6. The highest BCUT2D eigenvalue weighted by Gasteiger charge is 2.58. The maximum Gasteiger partial charge on any atom is 0.338 e. The smallest absolute Gasteiger partial charge is 0.338 e. The molecule has 4 fully saturated rings. The minimum atomic E-state index is -1.09. The lowest BCUT2D eigenvalue weighted by atomic mass is 9.96. The summed E-state index contributed by atoms with van der Waals surface area (Å²) in [5, 5.41) is 10.8. The van der Waals surface area contributed by atoms with Gasteiger partial charge in [-0.15, -0.1) is 6.42 Å². The van der Waals surface area contributed by atoms with Gasteiger partial charge in [0, 0.05) is 5.56 Å². The summed E-state index contributed by atoms with van der Waals surface area (Å²) >= 11 is 0. The van der Waals surface area contributed by atoms with Crippen LogP contribution in [0.5, 0.6) is 0 Å². The van der Waals surface area contributed by atoms with Crippen molar-refractivity contribution >= 4 is 5.97 Å². The van der Waals surface area contributed by atoms with E-state index in [2.05, 4.69) is 5.92 Å². The van der Waals surface area contributed by atoms with E-state index in [0.717, 1.165) is 5.56 Å². The molecule has 1 unspecified atom stereocenters. The fourth-order valence-electron chi connectivity index (χ4n) is 5.83. The first-order valence-corrected chi connectivity index (χ1v) is 14.4. The van der Waals surface area contributed by atoms with Crippen LogP contribution in [0.4, 0.5) is 0 Å². The van der Waals surface area contributed by atoms with Crippen molar-refractivity contribution in [3.05, 3.63) is 71.8 Å². The van der Waals surface area contributed by atoms with E-state index in [9.17, 15) is 9.90 Å². The van der Waals surface area contributed by atoms with Crippen molar-refractivity contribution in [3.8, 4) is 12.3 Å². The van der Waals surface area contributed by atoms with E-state index in [4.69, 9.17) is 49.1 Å². The Morgan fingerprint density at radius 2 is 1.65 bits per heavy atom. The average molecular weight is 597 g/mol. The summed E-state index contributed by atoms with van der Waals surface area (Å²) in [5.41, 5.74) is 1.13. The Bertz CT molecular complexity index is 1280. The van der Waals surface area contributed by atoms with Crippen LogP contribution in [0.25, 0.3) is 0 Å². The van der Waals surface area contributed by atoms with Crippen molar-refractivity contribution in [1.29, 1.82) is 0 Å². The van der Waals surface area contributed by atoms with Gasteiger partial charge in [-0.3, -0.25) is 0 Å². The molecular formula is C32H36O11. The Hall–Kier alpha value is -2.89. The average Bonchev–Trinajstić information content (AvgIpc) is 3.36. The number of rotatable bonds is 7. The van der Waals surface area contributed by atoms with E-state index >= 15 is 0 Å². The van der Waals surface area contributed by atoms with Gasteiger partial charge in [-0.05, 0) is 32.9 Å². The zero-order chi connectivity index (χ0) is 30.1. The van der Waals surface area contributed by atoms with E-state index in [0.29, 0.717) is 5.56 Å². The molecule has 0 saturated carbocycles. The SMILES string of the molecule is C#CCO[C@@H]1O[C@@H]2COC(c3ccccc3)O[C@H]2[C@H](OC(=O)c2ccccc2)[C@H]1O[C@@H]1O[C@@H](C)[C@H](O)[C@H]2OC(C)(C)O[C@@H]12. The number of aliphatic hydroxyl groups excluding tert-OH is 1. The number of esters is 1. The third kappa shape index (κ3) is 6.35. The number of carbonyl (C=O) groups excluding carboxylic acids is 1. The predicted octanol–water partition coefficient (Wildman–Crippen LogP) is 2.71. The van der Waals surface area contributed by atoms with Gasteiger partial charge >= 0.3 is 5.97 Å². The Labute approximate surface area is 250 Å². The van der Waals surface area contributed by atoms with Gasteiger partial charge in [0.05, 0.1) is 18.3 Å². The number of fused-ring (bicyclic) bond motifs is 2. The Kier molecular flexibility index (Phi) is 8.84. The molecule has 11 heteroatoms. The van der Waals surface area contributed by atoms with Crippen LogP contribution < -0.4 is 0 Å². The van der Waals surface area contributed by atoms with Gasteiger partial charge in [0.15, 0.2) is 36.9 Å². The van der Waals surface area contributed by atoms with E-state index < -0.39 is 79.5 Å². The molecule has 0 aliphatic carbocycles. The molecule has 0 spiro atoms. The summed E-state index contributed by atoms with van der Waals surface area (Å²) in [7, 11) is 0. The number of benzene rings is 2. The van der Waals surface area contributed by atoms with E-state index in [1.807, 2.05) is 30.3 Å². The Morgan fingerprint density at radius 1 is 0.953 bits per heavy atom. The number of hydrogen-bond donors (Lipinski definition) is 1. The fraction of sp³-hybridized carbons (Fsp3) is 0.531. The minimum absolute atomic E-state index is 0.102. The van der Waals surface area contributed by atoms with Crippen molar-refractivity contribution in [2.45, 2.75) is 94.3 Å². The molecule has 4 heterocycles. The van der Waals surface area contributed by atoms with Crippen molar-refractivity contribution in [3.63, 3.8) is 0 Å². The maximum atomic E-state index is 13.5. The molecule has 6 rings (SSSR count). The van der Waals surface area contributed by atoms with Crippen LogP contribution in [0.15, 0.2) is 60.7 Å². The predicted molar refractivity (Wildman–Crippen MR) is 148 cm³/mol. The molecule has 2 aromatic rings. The van der Waals surface area contributed by atoms with Crippen molar-refractivity contribution in [2.24, 2.45) is 0 Å². The highest BCUT2D eigenvalue weighted by Crippen LogP contribution is 2.41. The summed E-state index contributed by atoms with van der Waals surface area (Å²) < 4.78 is 55.5. The van der Waals surface area contributed by atoms with Gasteiger partial charge in [-0.2, -0.15) is 0 Å². The second-order valence-electron chi connectivity index (χ2n) is 11.3. The van der Waals surface area contributed by atoms with Crippen LogP contribution in [-0.2, 0) is 42.6 Å². The normalized spacial score (nSPS) is 38.3. The van der Waals surface area contributed by atoms with Gasteiger partial charge in [0.25, 0.3) is 0 Å². The molecule has 0 radical (unpaired) electrons. The second-order valence-corrected chi connectivity index (χ2v) is 11.3. The van der Waals surface area contributed by atoms with Gasteiger partial charge in [0.1, 0.15) is 37.1 Å². The molecule has 11 nitrogen and oxygen atoms in total. The van der Waals surface area contributed by atoms with Gasteiger partial charge in [-0.1, -0.05) is 54.5 Å². The monoisotopic (exact) mass is 596 g/mol. The zero-order valence-corrected chi connectivity index (χ0v) is 24.1. The highest BCUT2D eigenvalue weighted by molar-refractivity contribution is 5.89. The number of terminal acetylenes is 1.